The van der Waals surface area contributed by atoms with Crippen molar-refractivity contribution in [3.05, 3.63) is 24.3 Å². The van der Waals surface area contributed by atoms with E-state index in [1.54, 1.807) is 0 Å². The summed E-state index contributed by atoms with van der Waals surface area (Å²) in [5, 5.41) is 0. The van der Waals surface area contributed by atoms with E-state index in [1.165, 1.54) is 76.2 Å². The van der Waals surface area contributed by atoms with Gasteiger partial charge in [-0.05, 0) is 110 Å². The normalized spacial score (nSPS) is 28.7. The second kappa shape index (κ2) is 19.6. The van der Waals surface area contributed by atoms with E-state index in [1.807, 2.05) is 0 Å². The molecule has 1 fully saturated rings. The zero-order valence-electron chi connectivity index (χ0n) is 29.8. The second-order valence-electron chi connectivity index (χ2n) is 15.1. The molecule has 40 heavy (non-hydrogen) atoms. The zero-order valence-corrected chi connectivity index (χ0v) is 29.8. The van der Waals surface area contributed by atoms with Crippen molar-refractivity contribution in [3.8, 4) is 0 Å². The lowest BCUT2D eigenvalue weighted by atomic mass is 9.67. The molecule has 0 nitrogen and oxygen atoms in total. The molecule has 0 amide bonds. The lowest BCUT2D eigenvalue weighted by Crippen LogP contribution is -2.30. The second-order valence-corrected chi connectivity index (χ2v) is 15.1. The highest BCUT2D eigenvalue weighted by Gasteiger charge is 2.38. The van der Waals surface area contributed by atoms with Gasteiger partial charge in [0.1, 0.15) is 0 Å². The van der Waals surface area contributed by atoms with E-state index in [0.717, 1.165) is 65.6 Å². The fourth-order valence-electron chi connectivity index (χ4n) is 8.58. The molecule has 0 heterocycles. The minimum Gasteiger partial charge on any atom is -0.0996 e. The fraction of sp³-hybridized carbons (Fsp3) is 0.900. The van der Waals surface area contributed by atoms with Gasteiger partial charge >= 0.3 is 0 Å². The fourth-order valence-corrected chi connectivity index (χ4v) is 8.58. The van der Waals surface area contributed by atoms with Crippen molar-refractivity contribution in [2.24, 2.45) is 71.0 Å². The highest BCUT2D eigenvalue weighted by Crippen LogP contribution is 2.47. The summed E-state index contributed by atoms with van der Waals surface area (Å²) in [7, 11) is 0. The lowest BCUT2D eigenvalue weighted by molar-refractivity contribution is 0.141. The summed E-state index contributed by atoms with van der Waals surface area (Å²) >= 11 is 0. The van der Waals surface area contributed by atoms with Gasteiger partial charge in [-0.1, -0.05) is 146 Å². The number of hydrogen-bond acceptors (Lipinski definition) is 0. The SMILES string of the molecule is C=C(CC)C(CC)CCCC(C(C)C=CC1C(CC)CCC(C)C(CC(C)C(C)C)C1CC)C(C)C(C)CCC. The predicted molar refractivity (Wildman–Crippen MR) is 184 cm³/mol. The Balaban J connectivity index is 3.22. The molecule has 1 aliphatic carbocycles. The van der Waals surface area contributed by atoms with Crippen LogP contribution in [0.2, 0.25) is 0 Å². The van der Waals surface area contributed by atoms with Crippen molar-refractivity contribution < 1.29 is 0 Å². The largest absolute Gasteiger partial charge is 0.0996 e. The van der Waals surface area contributed by atoms with E-state index in [9.17, 15) is 0 Å². The Labute approximate surface area is 255 Å². The van der Waals surface area contributed by atoms with E-state index < -0.39 is 0 Å². The summed E-state index contributed by atoms with van der Waals surface area (Å²) in [6.45, 7) is 34.0. The van der Waals surface area contributed by atoms with E-state index in [4.69, 9.17) is 0 Å². The Morgan fingerprint density at radius 3 is 2.02 bits per heavy atom. The van der Waals surface area contributed by atoms with Crippen molar-refractivity contribution in [2.45, 2.75) is 160 Å². The minimum atomic E-state index is 0.660. The van der Waals surface area contributed by atoms with E-state index in [0.29, 0.717) is 11.8 Å². The molecule has 236 valence electrons. The molecule has 0 bridgehead atoms. The molecule has 0 saturated heterocycles. The summed E-state index contributed by atoms with van der Waals surface area (Å²) in [6, 6.07) is 0. The van der Waals surface area contributed by atoms with Crippen LogP contribution < -0.4 is 0 Å². The maximum atomic E-state index is 4.41. The van der Waals surface area contributed by atoms with Crippen molar-refractivity contribution in [1.82, 2.24) is 0 Å². The highest BCUT2D eigenvalue weighted by molar-refractivity contribution is 5.03. The third kappa shape index (κ3) is 11.3. The molecule has 11 atom stereocenters. The van der Waals surface area contributed by atoms with Gasteiger partial charge in [0, 0.05) is 0 Å². The van der Waals surface area contributed by atoms with Gasteiger partial charge in [-0.15, -0.1) is 0 Å². The van der Waals surface area contributed by atoms with E-state index >= 15 is 0 Å². The van der Waals surface area contributed by atoms with Crippen LogP contribution in [0.25, 0.3) is 0 Å². The first-order valence-electron chi connectivity index (χ1n) is 18.3. The molecular weight excluding hydrogens is 480 g/mol. The molecule has 0 spiro atoms. The highest BCUT2D eigenvalue weighted by atomic mass is 14.4. The van der Waals surface area contributed by atoms with E-state index in [-0.39, 0.29) is 0 Å². The molecule has 11 unspecified atom stereocenters. The van der Waals surface area contributed by atoms with Crippen molar-refractivity contribution in [1.29, 1.82) is 0 Å². The lowest BCUT2D eigenvalue weighted by Gasteiger charge is -2.38. The smallest absolute Gasteiger partial charge is 0.0174 e. The summed E-state index contributed by atoms with van der Waals surface area (Å²) < 4.78 is 0. The molecule has 0 radical (unpaired) electrons. The van der Waals surface area contributed by atoms with Crippen LogP contribution in [0.4, 0.5) is 0 Å². The number of rotatable bonds is 19. The molecule has 0 aromatic heterocycles. The maximum absolute atomic E-state index is 4.41. The minimum absolute atomic E-state index is 0.660. The van der Waals surface area contributed by atoms with Gasteiger partial charge < -0.3 is 0 Å². The Morgan fingerprint density at radius 1 is 0.825 bits per heavy atom. The van der Waals surface area contributed by atoms with Gasteiger partial charge in [-0.2, -0.15) is 0 Å². The molecule has 0 N–H and O–H groups in total. The summed E-state index contributed by atoms with van der Waals surface area (Å²) in [6.07, 6.45) is 21.6. The standard InChI is InChI=1S/C40H76/c1-14-20-30(9)34(13)38(22-19-21-35(16-3)29(8)15-2)31(10)24-26-39-36(17-4)25-23-32(11)40(37(39)18-5)27-33(12)28(6)7/h24,26,28,30-40H,8,14-23,25,27H2,1-7,9-13H3. The average Bonchev–Trinajstić information content (AvgIpc) is 3.06. The Kier molecular flexibility index (Phi) is 18.4. The Hall–Kier alpha value is -0.520. The van der Waals surface area contributed by atoms with Crippen LogP contribution in [0.15, 0.2) is 24.3 Å². The van der Waals surface area contributed by atoms with Crippen molar-refractivity contribution in [3.63, 3.8) is 0 Å². The molecule has 1 saturated carbocycles. The topological polar surface area (TPSA) is 0 Å². The first-order valence-corrected chi connectivity index (χ1v) is 18.3. The third-order valence-corrected chi connectivity index (χ3v) is 12.3. The molecule has 0 aromatic carbocycles. The summed E-state index contributed by atoms with van der Waals surface area (Å²) in [4.78, 5) is 0. The first kappa shape index (κ1) is 37.5. The van der Waals surface area contributed by atoms with Gasteiger partial charge in [0.2, 0.25) is 0 Å². The van der Waals surface area contributed by atoms with Crippen LogP contribution >= 0.6 is 0 Å². The molecule has 1 aliphatic rings. The summed E-state index contributed by atoms with van der Waals surface area (Å²) in [5.41, 5.74) is 1.47. The van der Waals surface area contributed by atoms with Crippen LogP contribution in [0.1, 0.15) is 160 Å². The van der Waals surface area contributed by atoms with Crippen molar-refractivity contribution >= 4 is 0 Å². The van der Waals surface area contributed by atoms with Gasteiger partial charge in [0.25, 0.3) is 0 Å². The molecule has 0 aromatic rings. The van der Waals surface area contributed by atoms with Gasteiger partial charge in [0.15, 0.2) is 0 Å². The quantitative estimate of drug-likeness (QED) is 0.110. The van der Waals surface area contributed by atoms with Crippen molar-refractivity contribution in [2.75, 3.05) is 0 Å². The van der Waals surface area contributed by atoms with Gasteiger partial charge in [0.05, 0.1) is 0 Å². The molecule has 0 heteroatoms. The van der Waals surface area contributed by atoms with Crippen LogP contribution in [0.3, 0.4) is 0 Å². The molecule has 1 rings (SSSR count). The van der Waals surface area contributed by atoms with E-state index in [2.05, 4.69) is 102 Å². The predicted octanol–water partition coefficient (Wildman–Crippen LogP) is 13.4. The van der Waals surface area contributed by atoms with Gasteiger partial charge in [-0.25, -0.2) is 0 Å². The monoisotopic (exact) mass is 557 g/mol. The Bertz CT molecular complexity index is 684. The molecular formula is C40H76. The Morgan fingerprint density at radius 2 is 1.50 bits per heavy atom. The maximum Gasteiger partial charge on any atom is -0.0174 e. The number of allylic oxidation sites excluding steroid dienone is 3. The average molecular weight is 557 g/mol. The van der Waals surface area contributed by atoms with Crippen LogP contribution in [-0.4, -0.2) is 0 Å². The zero-order chi connectivity index (χ0) is 30.4. The first-order chi connectivity index (χ1) is 19.0. The number of hydrogen-bond donors (Lipinski definition) is 0. The molecule has 0 aliphatic heterocycles. The third-order valence-electron chi connectivity index (χ3n) is 12.3. The van der Waals surface area contributed by atoms with Crippen LogP contribution in [-0.2, 0) is 0 Å². The van der Waals surface area contributed by atoms with Crippen LogP contribution in [0.5, 0.6) is 0 Å². The van der Waals surface area contributed by atoms with Gasteiger partial charge in [-0.3, -0.25) is 0 Å². The van der Waals surface area contributed by atoms with Crippen LogP contribution in [0, 0.1) is 71.0 Å². The summed E-state index contributed by atoms with van der Waals surface area (Å²) in [5.74, 6) is 9.56.